The van der Waals surface area contributed by atoms with Crippen LogP contribution in [0.25, 0.3) is 16.9 Å². The van der Waals surface area contributed by atoms with Crippen LogP contribution in [-0.4, -0.2) is 78.1 Å². The first-order valence-electron chi connectivity index (χ1n) is 12.3. The van der Waals surface area contributed by atoms with Crippen LogP contribution in [0.2, 0.25) is 5.02 Å². The van der Waals surface area contributed by atoms with Crippen LogP contribution >= 0.6 is 11.6 Å². The molecular weight excluding hydrogens is 597 g/mol. The summed E-state index contributed by atoms with van der Waals surface area (Å²) in [4.78, 5) is 43.0. The number of hydrogen-bond donors (Lipinski definition) is 4. The third kappa shape index (κ3) is 6.82. The van der Waals surface area contributed by atoms with E-state index in [0.717, 1.165) is 10.9 Å². The molecule has 14 nitrogen and oxygen atoms in total. The van der Waals surface area contributed by atoms with Crippen molar-refractivity contribution in [2.24, 2.45) is 5.73 Å². The van der Waals surface area contributed by atoms with Gasteiger partial charge in [0.05, 0.1) is 40.7 Å². The summed E-state index contributed by atoms with van der Waals surface area (Å²) in [6.07, 6.45) is 0.452. The number of nitriles is 1. The average molecular weight is 619 g/mol. The Labute approximate surface area is 245 Å². The molecule has 0 saturated carbocycles. The number of amides is 2. The van der Waals surface area contributed by atoms with Crippen molar-refractivity contribution >= 4 is 47.0 Å². The van der Waals surface area contributed by atoms with Crippen LogP contribution in [0.5, 0.6) is 0 Å². The summed E-state index contributed by atoms with van der Waals surface area (Å²) in [5.41, 5.74) is 5.14. The van der Waals surface area contributed by atoms with Crippen molar-refractivity contribution in [2.75, 3.05) is 25.0 Å². The Bertz CT molecular complexity index is 1710. The van der Waals surface area contributed by atoms with Crippen molar-refractivity contribution < 1.29 is 32.7 Å². The second-order valence-electron chi connectivity index (χ2n) is 9.02. The molecule has 0 spiro atoms. The lowest BCUT2D eigenvalue weighted by atomic mass is 10.1. The Balaban J connectivity index is 0.00000135. The van der Waals surface area contributed by atoms with Gasteiger partial charge in [0.2, 0.25) is 5.91 Å². The molecule has 0 aliphatic carbocycles. The summed E-state index contributed by atoms with van der Waals surface area (Å²) in [6.45, 7) is 0.0970. The lowest BCUT2D eigenvalue weighted by Gasteiger charge is -2.36. The number of halogens is 4. The maximum Gasteiger partial charge on any atom is 0.435 e. The van der Waals surface area contributed by atoms with Gasteiger partial charge in [-0.2, -0.15) is 23.5 Å². The Hall–Kier alpha value is -5.21. The van der Waals surface area contributed by atoms with Crippen LogP contribution in [0.15, 0.2) is 43.0 Å². The molecule has 1 aliphatic rings. The number of carbonyl (C=O) groups is 3. The number of fused-ring (bicyclic) bond motifs is 1. The van der Waals surface area contributed by atoms with Crippen molar-refractivity contribution in [2.45, 2.75) is 18.8 Å². The molecule has 4 aromatic rings. The van der Waals surface area contributed by atoms with Gasteiger partial charge in [0.25, 0.3) is 12.4 Å². The van der Waals surface area contributed by atoms with Gasteiger partial charge >= 0.3 is 6.18 Å². The highest BCUT2D eigenvalue weighted by Gasteiger charge is 2.38. The Kier molecular flexibility index (Phi) is 9.12. The van der Waals surface area contributed by atoms with E-state index in [1.807, 2.05) is 0 Å². The molecule has 1 saturated heterocycles. The van der Waals surface area contributed by atoms with E-state index in [0.29, 0.717) is 18.8 Å². The summed E-state index contributed by atoms with van der Waals surface area (Å²) >= 11 is 6.32. The SMILES string of the molecule is N#CCn1cc(-c2cnc3c(Nc4ccc(C(=O)NCC(=O)N5CC(N)C5)c(Cl)c4)nccn23)c(C(F)(F)F)n1.O=CO. The van der Waals surface area contributed by atoms with Crippen LogP contribution in [0.3, 0.4) is 0 Å². The number of alkyl halides is 3. The van der Waals surface area contributed by atoms with E-state index in [4.69, 9.17) is 32.5 Å². The first-order valence-corrected chi connectivity index (χ1v) is 12.6. The minimum atomic E-state index is -4.76. The molecule has 1 aromatic carbocycles. The quantitative estimate of drug-likeness (QED) is 0.223. The maximum absolute atomic E-state index is 13.7. The average Bonchev–Trinajstić information content (AvgIpc) is 3.55. The summed E-state index contributed by atoms with van der Waals surface area (Å²) < 4.78 is 43.3. The number of benzene rings is 1. The number of carboxylic acid groups (broad SMARTS) is 1. The van der Waals surface area contributed by atoms with Gasteiger partial charge in [-0.15, -0.1) is 0 Å². The number of carbonyl (C=O) groups excluding carboxylic acids is 2. The predicted octanol–water partition coefficient (Wildman–Crippen LogP) is 2.13. The van der Waals surface area contributed by atoms with E-state index in [1.54, 1.807) is 12.1 Å². The largest absolute Gasteiger partial charge is 0.483 e. The van der Waals surface area contributed by atoms with E-state index in [1.165, 1.54) is 40.0 Å². The zero-order valence-electron chi connectivity index (χ0n) is 21.9. The fraction of sp³-hybridized carbons (Fsp3) is 0.240. The third-order valence-electron chi connectivity index (χ3n) is 6.11. The predicted molar refractivity (Wildman–Crippen MR) is 145 cm³/mol. The normalized spacial score (nSPS) is 13.0. The second kappa shape index (κ2) is 12.8. The highest BCUT2D eigenvalue weighted by atomic mass is 35.5. The van der Waals surface area contributed by atoms with Crippen molar-refractivity contribution in [1.29, 1.82) is 5.26 Å². The number of aromatic nitrogens is 5. The highest BCUT2D eigenvalue weighted by Crippen LogP contribution is 2.37. The molecular formula is C25H22ClF3N10O4. The third-order valence-corrected chi connectivity index (χ3v) is 6.42. The molecule has 43 heavy (non-hydrogen) atoms. The molecule has 224 valence electrons. The Morgan fingerprint density at radius 2 is 2.00 bits per heavy atom. The van der Waals surface area contributed by atoms with E-state index in [2.05, 4.69) is 25.7 Å². The molecule has 0 bridgehead atoms. The topological polar surface area (TPSA) is 197 Å². The number of nitrogens with two attached hydrogens (primary N) is 1. The van der Waals surface area contributed by atoms with Crippen LogP contribution < -0.4 is 16.4 Å². The van der Waals surface area contributed by atoms with Gasteiger partial charge in [0.15, 0.2) is 17.2 Å². The summed E-state index contributed by atoms with van der Waals surface area (Å²) in [5.74, 6) is -0.578. The van der Waals surface area contributed by atoms with E-state index in [-0.39, 0.29) is 64.8 Å². The Morgan fingerprint density at radius 3 is 2.63 bits per heavy atom. The summed E-state index contributed by atoms with van der Waals surface area (Å²) in [5, 5.41) is 24.9. The van der Waals surface area contributed by atoms with Crippen LogP contribution in [0, 0.1) is 11.3 Å². The molecule has 1 aliphatic heterocycles. The van der Waals surface area contributed by atoms with Crippen molar-refractivity contribution in [1.82, 2.24) is 34.4 Å². The number of nitrogens with zero attached hydrogens (tertiary/aromatic N) is 7. The lowest BCUT2D eigenvalue weighted by Crippen LogP contribution is -2.59. The number of hydrogen-bond acceptors (Lipinski definition) is 9. The van der Waals surface area contributed by atoms with Gasteiger partial charge in [0.1, 0.15) is 6.54 Å². The molecule has 3 aromatic heterocycles. The number of nitrogens with one attached hydrogen (secondary N) is 2. The zero-order chi connectivity index (χ0) is 31.3. The van der Waals surface area contributed by atoms with Gasteiger partial charge in [-0.3, -0.25) is 23.5 Å². The zero-order valence-corrected chi connectivity index (χ0v) is 22.7. The number of anilines is 2. The van der Waals surface area contributed by atoms with Crippen molar-refractivity contribution in [3.8, 4) is 17.3 Å². The van der Waals surface area contributed by atoms with Crippen LogP contribution in [-0.2, 0) is 22.3 Å². The first-order chi connectivity index (χ1) is 20.5. The van der Waals surface area contributed by atoms with Gasteiger partial charge in [-0.05, 0) is 18.2 Å². The molecule has 1 fully saturated rings. The standard InChI is InChI=1S/C24H20ClF3N10O2.CH2O2/c25-17-7-14(1-2-15(17)23(40)33-9-19(39)36-10-13(30)11-36)34-21-22-32-8-18(38(22)6-4-31-21)16-12-37(5-3-29)35-20(16)24(26,27)28;2-1-3/h1-2,4,6-8,12-13H,5,9-11,30H2,(H,31,34)(H,33,40);1H,(H,2,3). The first kappa shape index (κ1) is 30.7. The van der Waals surface area contributed by atoms with E-state index in [9.17, 15) is 22.8 Å². The molecule has 18 heteroatoms. The molecule has 5 N–H and O–H groups in total. The molecule has 0 atom stereocenters. The van der Waals surface area contributed by atoms with Gasteiger partial charge in [-0.25, -0.2) is 9.97 Å². The maximum atomic E-state index is 13.7. The summed E-state index contributed by atoms with van der Waals surface area (Å²) in [6, 6.07) is 6.20. The second-order valence-corrected chi connectivity index (χ2v) is 9.43. The minimum absolute atomic E-state index is 0.0474. The van der Waals surface area contributed by atoms with Crippen LogP contribution in [0.4, 0.5) is 24.7 Å². The minimum Gasteiger partial charge on any atom is -0.483 e. The Morgan fingerprint density at radius 1 is 1.28 bits per heavy atom. The molecule has 2 amide bonds. The number of rotatable bonds is 7. The van der Waals surface area contributed by atoms with E-state index < -0.39 is 17.8 Å². The van der Waals surface area contributed by atoms with Crippen molar-refractivity contribution in [3.05, 3.63) is 59.3 Å². The lowest BCUT2D eigenvalue weighted by molar-refractivity contribution is -0.141. The monoisotopic (exact) mass is 618 g/mol. The number of imidazole rings is 1. The molecule has 4 heterocycles. The van der Waals surface area contributed by atoms with Gasteiger partial charge in [-0.1, -0.05) is 11.6 Å². The summed E-state index contributed by atoms with van der Waals surface area (Å²) in [7, 11) is 0. The fourth-order valence-electron chi connectivity index (χ4n) is 4.17. The molecule has 5 rings (SSSR count). The van der Waals surface area contributed by atoms with Gasteiger partial charge in [0, 0.05) is 43.4 Å². The molecule has 0 radical (unpaired) electrons. The van der Waals surface area contributed by atoms with Crippen molar-refractivity contribution in [3.63, 3.8) is 0 Å². The highest BCUT2D eigenvalue weighted by molar-refractivity contribution is 6.34. The fourth-order valence-corrected chi connectivity index (χ4v) is 4.44. The number of likely N-dealkylation sites (tertiary alicyclic amines) is 1. The molecule has 0 unspecified atom stereocenters. The smallest absolute Gasteiger partial charge is 0.435 e. The van der Waals surface area contributed by atoms with E-state index >= 15 is 0 Å². The van der Waals surface area contributed by atoms with Gasteiger partial charge < -0.3 is 26.4 Å². The van der Waals surface area contributed by atoms with Crippen LogP contribution in [0.1, 0.15) is 16.1 Å².